The lowest BCUT2D eigenvalue weighted by molar-refractivity contribution is 0.0935. The van der Waals surface area contributed by atoms with E-state index < -0.39 is 0 Å². The van der Waals surface area contributed by atoms with Gasteiger partial charge in [0.15, 0.2) is 17.5 Å². The average molecular weight is 481 g/mol. The van der Waals surface area contributed by atoms with Crippen LogP contribution < -0.4 is 24.8 Å². The molecule has 0 aliphatic carbocycles. The first kappa shape index (κ1) is 19.6. The predicted molar refractivity (Wildman–Crippen MR) is 116 cm³/mol. The van der Waals surface area contributed by atoms with Gasteiger partial charge in [-0.2, -0.15) is 0 Å². The van der Waals surface area contributed by atoms with E-state index in [1.54, 1.807) is 7.05 Å². The third kappa shape index (κ3) is 4.77. The molecule has 2 aliphatic rings. The van der Waals surface area contributed by atoms with Crippen LogP contribution in [-0.2, 0) is 6.42 Å². The van der Waals surface area contributed by atoms with E-state index in [2.05, 4.69) is 21.7 Å². The molecule has 2 aromatic carbocycles. The zero-order valence-corrected chi connectivity index (χ0v) is 17.5. The molecule has 2 atom stereocenters. The molecule has 27 heavy (non-hydrogen) atoms. The number of benzene rings is 2. The number of fused-ring (bicyclic) bond motifs is 2. The monoisotopic (exact) mass is 481 g/mol. The maximum Gasteiger partial charge on any atom is 0.191 e. The minimum absolute atomic E-state index is 0. The molecule has 2 N–H and O–H groups in total. The molecule has 2 heterocycles. The van der Waals surface area contributed by atoms with Crippen LogP contribution in [0.15, 0.2) is 53.5 Å². The first-order chi connectivity index (χ1) is 12.8. The summed E-state index contributed by atoms with van der Waals surface area (Å²) in [6.45, 7) is 1.82. The van der Waals surface area contributed by atoms with Gasteiger partial charge in [0, 0.05) is 13.5 Å². The number of halogens is 1. The van der Waals surface area contributed by atoms with Crippen LogP contribution in [0.4, 0.5) is 0 Å². The van der Waals surface area contributed by atoms with Crippen molar-refractivity contribution in [2.75, 3.05) is 26.7 Å². The van der Waals surface area contributed by atoms with Gasteiger partial charge >= 0.3 is 0 Å². The molecule has 144 valence electrons. The Kier molecular flexibility index (Phi) is 6.65. The standard InChI is InChI=1S/C20H23N3O3.HI/c1-21-20(22-11-15-10-14-6-2-3-7-17(14)25-15)23-12-16-13-24-18-8-4-5-9-19(18)26-16;/h2-9,15-16H,10-13H2,1H3,(H2,21,22,23);1H. The Balaban J connectivity index is 0.00000210. The summed E-state index contributed by atoms with van der Waals surface area (Å²) in [6, 6.07) is 15.9. The topological polar surface area (TPSA) is 64.1 Å². The number of para-hydroxylation sites is 3. The van der Waals surface area contributed by atoms with Crippen molar-refractivity contribution in [1.29, 1.82) is 0 Å². The fraction of sp³-hybridized carbons (Fsp3) is 0.350. The molecule has 0 aromatic heterocycles. The lowest BCUT2D eigenvalue weighted by Crippen LogP contribution is -2.47. The zero-order chi connectivity index (χ0) is 17.8. The van der Waals surface area contributed by atoms with Crippen LogP contribution in [0.1, 0.15) is 5.56 Å². The first-order valence-electron chi connectivity index (χ1n) is 8.89. The van der Waals surface area contributed by atoms with Gasteiger partial charge in [-0.3, -0.25) is 4.99 Å². The normalized spacial score (nSPS) is 20.1. The van der Waals surface area contributed by atoms with Crippen LogP contribution >= 0.6 is 24.0 Å². The molecule has 0 bridgehead atoms. The lowest BCUT2D eigenvalue weighted by Gasteiger charge is -2.27. The summed E-state index contributed by atoms with van der Waals surface area (Å²) in [4.78, 5) is 4.27. The van der Waals surface area contributed by atoms with Gasteiger partial charge in [0.25, 0.3) is 0 Å². The van der Waals surface area contributed by atoms with E-state index in [9.17, 15) is 0 Å². The van der Waals surface area contributed by atoms with E-state index in [-0.39, 0.29) is 36.2 Å². The van der Waals surface area contributed by atoms with E-state index in [0.717, 1.165) is 29.6 Å². The second kappa shape index (κ2) is 9.16. The van der Waals surface area contributed by atoms with Crippen LogP contribution in [0.25, 0.3) is 0 Å². The van der Waals surface area contributed by atoms with Crippen molar-refractivity contribution in [3.8, 4) is 17.2 Å². The number of nitrogens with zero attached hydrogens (tertiary/aromatic N) is 1. The predicted octanol–water partition coefficient (Wildman–Crippen LogP) is 2.61. The van der Waals surface area contributed by atoms with Gasteiger partial charge < -0.3 is 24.8 Å². The summed E-state index contributed by atoms with van der Waals surface area (Å²) in [5.74, 6) is 3.29. The van der Waals surface area contributed by atoms with E-state index in [1.165, 1.54) is 5.56 Å². The second-order valence-electron chi connectivity index (χ2n) is 6.38. The highest BCUT2D eigenvalue weighted by Crippen LogP contribution is 2.30. The average Bonchev–Trinajstić information content (AvgIpc) is 3.11. The smallest absolute Gasteiger partial charge is 0.191 e. The second-order valence-corrected chi connectivity index (χ2v) is 6.38. The molecule has 7 heteroatoms. The molecular weight excluding hydrogens is 457 g/mol. The van der Waals surface area contributed by atoms with E-state index in [1.807, 2.05) is 42.5 Å². The van der Waals surface area contributed by atoms with E-state index in [0.29, 0.717) is 19.7 Å². The van der Waals surface area contributed by atoms with Crippen molar-refractivity contribution in [2.24, 2.45) is 4.99 Å². The van der Waals surface area contributed by atoms with E-state index >= 15 is 0 Å². The van der Waals surface area contributed by atoms with E-state index in [4.69, 9.17) is 14.2 Å². The Morgan fingerprint density at radius 2 is 1.56 bits per heavy atom. The Bertz CT molecular complexity index is 775. The molecule has 0 radical (unpaired) electrons. The molecule has 0 spiro atoms. The molecule has 0 saturated carbocycles. The van der Waals surface area contributed by atoms with Crippen molar-refractivity contribution in [3.63, 3.8) is 0 Å². The summed E-state index contributed by atoms with van der Waals surface area (Å²) in [5, 5.41) is 6.62. The number of hydrogen-bond acceptors (Lipinski definition) is 4. The van der Waals surface area contributed by atoms with Gasteiger partial charge in [0.1, 0.15) is 24.6 Å². The maximum atomic E-state index is 5.95. The summed E-state index contributed by atoms with van der Waals surface area (Å²) in [7, 11) is 1.76. The lowest BCUT2D eigenvalue weighted by atomic mass is 10.1. The largest absolute Gasteiger partial charge is 0.488 e. The van der Waals surface area contributed by atoms with Crippen LogP contribution in [0.3, 0.4) is 0 Å². The summed E-state index contributed by atoms with van der Waals surface area (Å²) < 4.78 is 17.6. The molecule has 6 nitrogen and oxygen atoms in total. The number of ether oxygens (including phenoxy) is 3. The third-order valence-corrected chi connectivity index (χ3v) is 4.50. The maximum absolute atomic E-state index is 5.95. The molecule has 2 unspecified atom stereocenters. The minimum Gasteiger partial charge on any atom is -0.488 e. The minimum atomic E-state index is -0.0598. The summed E-state index contributed by atoms with van der Waals surface area (Å²) in [6.07, 6.45) is 0.971. The number of nitrogens with one attached hydrogen (secondary N) is 2. The number of rotatable bonds is 4. The molecule has 0 fully saturated rings. The zero-order valence-electron chi connectivity index (χ0n) is 15.2. The van der Waals surface area contributed by atoms with Gasteiger partial charge in [-0.25, -0.2) is 0 Å². The Hall–Kier alpha value is -2.16. The molecule has 4 rings (SSSR count). The highest BCUT2D eigenvalue weighted by atomic mass is 127. The summed E-state index contributed by atoms with van der Waals surface area (Å²) >= 11 is 0. The van der Waals surface area contributed by atoms with Crippen molar-refractivity contribution in [1.82, 2.24) is 10.6 Å². The first-order valence-corrected chi connectivity index (χ1v) is 8.89. The highest BCUT2D eigenvalue weighted by Gasteiger charge is 2.23. The number of guanidine groups is 1. The molecule has 2 aromatic rings. The number of hydrogen-bond donors (Lipinski definition) is 2. The van der Waals surface area contributed by atoms with Crippen molar-refractivity contribution in [2.45, 2.75) is 18.6 Å². The van der Waals surface area contributed by atoms with Crippen LogP contribution in [0.2, 0.25) is 0 Å². The van der Waals surface area contributed by atoms with Crippen molar-refractivity contribution in [3.05, 3.63) is 54.1 Å². The van der Waals surface area contributed by atoms with Crippen LogP contribution in [0.5, 0.6) is 17.2 Å². The van der Waals surface area contributed by atoms with Gasteiger partial charge in [-0.05, 0) is 23.8 Å². The Morgan fingerprint density at radius 1 is 0.926 bits per heavy atom. The van der Waals surface area contributed by atoms with Crippen molar-refractivity contribution < 1.29 is 14.2 Å². The van der Waals surface area contributed by atoms with Gasteiger partial charge in [-0.15, -0.1) is 24.0 Å². The van der Waals surface area contributed by atoms with Crippen LogP contribution in [-0.4, -0.2) is 44.9 Å². The quantitative estimate of drug-likeness (QED) is 0.400. The SMILES string of the molecule is CN=C(NCC1Cc2ccccc2O1)NCC1COc2ccccc2O1.I. The third-order valence-electron chi connectivity index (χ3n) is 4.50. The fourth-order valence-electron chi connectivity index (χ4n) is 3.17. The number of aliphatic imine (C=N–C) groups is 1. The molecule has 2 aliphatic heterocycles. The Morgan fingerprint density at radius 3 is 2.30 bits per heavy atom. The van der Waals surface area contributed by atoms with Gasteiger partial charge in [-0.1, -0.05) is 30.3 Å². The van der Waals surface area contributed by atoms with Crippen LogP contribution in [0, 0.1) is 0 Å². The highest BCUT2D eigenvalue weighted by molar-refractivity contribution is 14.0. The van der Waals surface area contributed by atoms with Gasteiger partial charge in [0.2, 0.25) is 0 Å². The fourth-order valence-corrected chi connectivity index (χ4v) is 3.17. The molecule has 0 saturated heterocycles. The molecular formula is C20H24IN3O3. The van der Waals surface area contributed by atoms with Gasteiger partial charge in [0.05, 0.1) is 13.1 Å². The van der Waals surface area contributed by atoms with Crippen molar-refractivity contribution >= 4 is 29.9 Å². The Labute approximate surface area is 176 Å². The summed E-state index contributed by atoms with van der Waals surface area (Å²) in [5.41, 5.74) is 1.26. The molecule has 0 amide bonds.